The maximum Gasteiger partial charge on any atom is 0.356 e. The summed E-state index contributed by atoms with van der Waals surface area (Å²) in [4.78, 5) is 24.6. The predicted octanol–water partition coefficient (Wildman–Crippen LogP) is 4.20. The van der Waals surface area contributed by atoms with Crippen molar-refractivity contribution in [3.05, 3.63) is 90.4 Å². The number of carboxylic acid groups (broad SMARTS) is 1. The van der Waals surface area contributed by atoms with E-state index in [1.54, 1.807) is 16.8 Å². The van der Waals surface area contributed by atoms with Crippen LogP contribution < -0.4 is 5.32 Å². The van der Waals surface area contributed by atoms with Gasteiger partial charge in [0, 0.05) is 18.0 Å². The first-order valence-corrected chi connectivity index (χ1v) is 9.15. The Morgan fingerprint density at radius 3 is 2.38 bits per heavy atom. The first kappa shape index (κ1) is 18.4. The van der Waals surface area contributed by atoms with Crippen LogP contribution in [0.1, 0.15) is 29.0 Å². The molecule has 7 heteroatoms. The first-order valence-electron chi connectivity index (χ1n) is 9.15. The average Bonchev–Trinajstić information content (AvgIpc) is 3.21. The number of anilines is 1. The number of hydrogen-bond acceptors (Lipinski definition) is 5. The van der Waals surface area contributed by atoms with Gasteiger partial charge in [0.05, 0.1) is 6.04 Å². The molecule has 7 nitrogen and oxygen atoms in total. The highest BCUT2D eigenvalue weighted by Gasteiger charge is 2.17. The summed E-state index contributed by atoms with van der Waals surface area (Å²) in [6, 6.07) is 21.1. The second-order valence-electron chi connectivity index (χ2n) is 6.51. The van der Waals surface area contributed by atoms with Gasteiger partial charge in [-0.2, -0.15) is 4.98 Å². The monoisotopic (exact) mass is 385 g/mol. The molecule has 0 spiro atoms. The summed E-state index contributed by atoms with van der Waals surface area (Å²) in [6.07, 6.45) is 3.11. The molecule has 0 aliphatic heterocycles. The second-order valence-corrected chi connectivity index (χ2v) is 6.51. The normalized spacial score (nSPS) is 11.8. The lowest BCUT2D eigenvalue weighted by atomic mass is 10.1. The highest BCUT2D eigenvalue weighted by Crippen LogP contribution is 2.23. The van der Waals surface area contributed by atoms with Crippen LogP contribution in [-0.4, -0.2) is 30.6 Å². The SMILES string of the molecule is C[C@H](Nc1nccc(-n2cc(C(=O)O)nc2-c2ccccc2)n1)c1ccccc1. The van der Waals surface area contributed by atoms with E-state index in [0.29, 0.717) is 17.6 Å². The molecule has 0 radical (unpaired) electrons. The van der Waals surface area contributed by atoms with Gasteiger partial charge in [-0.3, -0.25) is 4.57 Å². The van der Waals surface area contributed by atoms with Crippen molar-refractivity contribution < 1.29 is 9.90 Å². The van der Waals surface area contributed by atoms with E-state index in [2.05, 4.69) is 20.3 Å². The highest BCUT2D eigenvalue weighted by molar-refractivity contribution is 5.86. The molecule has 0 aliphatic carbocycles. The molecular formula is C22H19N5O2. The van der Waals surface area contributed by atoms with Gasteiger partial charge >= 0.3 is 5.97 Å². The number of hydrogen-bond donors (Lipinski definition) is 2. The Hall–Kier alpha value is -4.00. The summed E-state index contributed by atoms with van der Waals surface area (Å²) in [5.41, 5.74) is 1.86. The van der Waals surface area contributed by atoms with E-state index in [1.165, 1.54) is 6.20 Å². The fourth-order valence-electron chi connectivity index (χ4n) is 3.02. The zero-order valence-electron chi connectivity index (χ0n) is 15.7. The van der Waals surface area contributed by atoms with Crippen LogP contribution >= 0.6 is 0 Å². The third-order valence-corrected chi connectivity index (χ3v) is 4.49. The van der Waals surface area contributed by atoms with Gasteiger partial charge in [-0.1, -0.05) is 60.7 Å². The van der Waals surface area contributed by atoms with Gasteiger partial charge in [-0.15, -0.1) is 0 Å². The molecule has 2 heterocycles. The third-order valence-electron chi connectivity index (χ3n) is 4.49. The molecule has 0 fully saturated rings. The molecule has 4 aromatic rings. The number of imidazole rings is 1. The number of aromatic carboxylic acids is 1. The van der Waals surface area contributed by atoms with Crippen LogP contribution in [0.2, 0.25) is 0 Å². The van der Waals surface area contributed by atoms with Gasteiger partial charge in [0.2, 0.25) is 5.95 Å². The minimum atomic E-state index is -1.09. The Bertz CT molecular complexity index is 1130. The van der Waals surface area contributed by atoms with E-state index in [4.69, 9.17) is 0 Å². The Morgan fingerprint density at radius 2 is 1.69 bits per heavy atom. The Kier molecular flexibility index (Phi) is 5.03. The minimum absolute atomic E-state index is 0.0115. The van der Waals surface area contributed by atoms with E-state index in [-0.39, 0.29) is 11.7 Å². The number of carbonyl (C=O) groups is 1. The van der Waals surface area contributed by atoms with Crippen LogP contribution in [-0.2, 0) is 0 Å². The molecule has 0 saturated heterocycles. The standard InChI is InChI=1S/C22H19N5O2/c1-15(16-8-4-2-5-9-16)24-22-23-13-12-19(26-22)27-14-18(21(28)29)25-20(27)17-10-6-3-7-11-17/h2-15H,1H3,(H,28,29)(H,23,24,26)/t15-/m0/s1. The smallest absolute Gasteiger partial charge is 0.356 e. The van der Waals surface area contributed by atoms with Crippen LogP contribution in [0.3, 0.4) is 0 Å². The molecule has 0 amide bonds. The van der Waals surface area contributed by atoms with Gasteiger partial charge in [0.1, 0.15) is 11.6 Å². The molecule has 2 N–H and O–H groups in total. The van der Waals surface area contributed by atoms with Gasteiger partial charge in [-0.25, -0.2) is 14.8 Å². The summed E-state index contributed by atoms with van der Waals surface area (Å²) in [5, 5.41) is 12.7. The van der Waals surface area contributed by atoms with Crippen molar-refractivity contribution in [3.63, 3.8) is 0 Å². The maximum atomic E-state index is 11.5. The largest absolute Gasteiger partial charge is 0.476 e. The molecular weight excluding hydrogens is 366 g/mol. The lowest BCUT2D eigenvalue weighted by molar-refractivity contribution is 0.0691. The number of nitrogens with zero attached hydrogens (tertiary/aromatic N) is 4. The number of carboxylic acids is 1. The molecule has 0 saturated carbocycles. The second kappa shape index (κ2) is 7.93. The predicted molar refractivity (Wildman–Crippen MR) is 110 cm³/mol. The van der Waals surface area contributed by atoms with Crippen molar-refractivity contribution in [1.82, 2.24) is 19.5 Å². The fraction of sp³-hybridized carbons (Fsp3) is 0.0909. The molecule has 0 unspecified atom stereocenters. The van der Waals surface area contributed by atoms with Gasteiger partial charge < -0.3 is 10.4 Å². The molecule has 144 valence electrons. The topological polar surface area (TPSA) is 92.9 Å². The first-order chi connectivity index (χ1) is 14.1. The molecule has 2 aromatic carbocycles. The van der Waals surface area contributed by atoms with Crippen molar-refractivity contribution in [2.75, 3.05) is 5.32 Å². The van der Waals surface area contributed by atoms with Crippen LogP contribution in [0.4, 0.5) is 5.95 Å². The molecule has 29 heavy (non-hydrogen) atoms. The van der Waals surface area contributed by atoms with Crippen molar-refractivity contribution >= 4 is 11.9 Å². The maximum absolute atomic E-state index is 11.5. The number of aromatic nitrogens is 4. The van der Waals surface area contributed by atoms with Gasteiger partial charge in [0.25, 0.3) is 0 Å². The molecule has 0 bridgehead atoms. The Labute approximate surface area is 167 Å². The third kappa shape index (κ3) is 3.98. The summed E-state index contributed by atoms with van der Waals surface area (Å²) < 4.78 is 1.67. The zero-order chi connectivity index (χ0) is 20.2. The Morgan fingerprint density at radius 1 is 1.00 bits per heavy atom. The minimum Gasteiger partial charge on any atom is -0.476 e. The number of benzene rings is 2. The fourth-order valence-corrected chi connectivity index (χ4v) is 3.02. The van der Waals surface area contributed by atoms with Crippen LogP contribution in [0, 0.1) is 0 Å². The quantitative estimate of drug-likeness (QED) is 0.517. The Balaban J connectivity index is 1.70. The van der Waals surface area contributed by atoms with Crippen molar-refractivity contribution in [2.45, 2.75) is 13.0 Å². The van der Waals surface area contributed by atoms with Crippen molar-refractivity contribution in [1.29, 1.82) is 0 Å². The van der Waals surface area contributed by atoms with Crippen LogP contribution in [0.15, 0.2) is 79.1 Å². The van der Waals surface area contributed by atoms with E-state index in [9.17, 15) is 9.90 Å². The average molecular weight is 385 g/mol. The van der Waals surface area contributed by atoms with E-state index in [1.807, 2.05) is 67.6 Å². The molecule has 0 aliphatic rings. The number of rotatable bonds is 6. The van der Waals surface area contributed by atoms with Crippen molar-refractivity contribution in [3.8, 4) is 17.2 Å². The molecule has 2 aromatic heterocycles. The van der Waals surface area contributed by atoms with Crippen LogP contribution in [0.5, 0.6) is 0 Å². The lowest BCUT2D eigenvalue weighted by Gasteiger charge is -2.15. The van der Waals surface area contributed by atoms with Gasteiger partial charge in [0.15, 0.2) is 5.69 Å². The summed E-state index contributed by atoms with van der Waals surface area (Å²) >= 11 is 0. The summed E-state index contributed by atoms with van der Waals surface area (Å²) in [7, 11) is 0. The molecule has 1 atom stereocenters. The van der Waals surface area contributed by atoms with Crippen LogP contribution in [0.25, 0.3) is 17.2 Å². The summed E-state index contributed by atoms with van der Waals surface area (Å²) in [6.45, 7) is 2.03. The van der Waals surface area contributed by atoms with Crippen molar-refractivity contribution in [2.24, 2.45) is 0 Å². The van der Waals surface area contributed by atoms with E-state index in [0.717, 1.165) is 11.1 Å². The van der Waals surface area contributed by atoms with E-state index >= 15 is 0 Å². The summed E-state index contributed by atoms with van der Waals surface area (Å²) in [5.74, 6) is 0.389. The lowest BCUT2D eigenvalue weighted by Crippen LogP contribution is -2.10. The number of nitrogens with one attached hydrogen (secondary N) is 1. The zero-order valence-corrected chi connectivity index (χ0v) is 15.7. The molecule has 4 rings (SSSR count). The van der Waals surface area contributed by atoms with E-state index < -0.39 is 5.97 Å². The van der Waals surface area contributed by atoms with Gasteiger partial charge in [-0.05, 0) is 18.6 Å². The highest BCUT2D eigenvalue weighted by atomic mass is 16.4.